The SMILES string of the molecule is O=C(O)/C=N/OC(c1ccc(OCc2nc3ccccc3s2)cc1Cl)C1CCCCC1. The number of oxime groups is 1. The number of carbonyl (C=O) groups is 1. The molecule has 162 valence electrons. The Labute approximate surface area is 189 Å². The zero-order valence-electron chi connectivity index (χ0n) is 16.9. The van der Waals surface area contributed by atoms with Crippen molar-refractivity contribution in [3.8, 4) is 5.75 Å². The average Bonchev–Trinajstić information content (AvgIpc) is 3.19. The van der Waals surface area contributed by atoms with Crippen molar-refractivity contribution in [1.29, 1.82) is 0 Å². The lowest BCUT2D eigenvalue weighted by Crippen LogP contribution is -2.18. The summed E-state index contributed by atoms with van der Waals surface area (Å²) >= 11 is 8.20. The van der Waals surface area contributed by atoms with Crippen molar-refractivity contribution in [1.82, 2.24) is 4.98 Å². The minimum Gasteiger partial charge on any atom is -0.486 e. The number of hydrogen-bond donors (Lipinski definition) is 1. The van der Waals surface area contributed by atoms with Crippen LogP contribution in [0.2, 0.25) is 5.02 Å². The summed E-state index contributed by atoms with van der Waals surface area (Å²) in [6, 6.07) is 13.5. The highest BCUT2D eigenvalue weighted by Crippen LogP contribution is 2.40. The molecular formula is C23H23ClN2O4S. The van der Waals surface area contributed by atoms with Crippen LogP contribution in [-0.4, -0.2) is 22.3 Å². The molecule has 0 radical (unpaired) electrons. The zero-order chi connectivity index (χ0) is 21.6. The third kappa shape index (κ3) is 5.54. The maximum Gasteiger partial charge on any atom is 0.350 e. The van der Waals surface area contributed by atoms with E-state index in [1.807, 2.05) is 36.4 Å². The van der Waals surface area contributed by atoms with Gasteiger partial charge < -0.3 is 14.7 Å². The summed E-state index contributed by atoms with van der Waals surface area (Å²) in [7, 11) is 0. The number of nitrogens with zero attached hydrogens (tertiary/aromatic N) is 2. The van der Waals surface area contributed by atoms with E-state index >= 15 is 0 Å². The third-order valence-electron chi connectivity index (χ3n) is 5.39. The molecule has 0 amide bonds. The van der Waals surface area contributed by atoms with Crippen molar-refractivity contribution >= 4 is 45.3 Å². The molecule has 1 aromatic heterocycles. The standard InChI is InChI=1S/C23H23ClN2O4S/c24-18-12-16(29-14-21-26-19-8-4-5-9-20(19)31-21)10-11-17(18)23(30-25-13-22(27)28)15-6-2-1-3-7-15/h4-5,8-13,15,23H,1-3,6-7,14H2,(H,27,28)/b25-13+. The predicted molar refractivity (Wildman–Crippen MR) is 122 cm³/mol. The molecule has 0 saturated heterocycles. The molecule has 0 aliphatic heterocycles. The monoisotopic (exact) mass is 458 g/mol. The number of hydrogen-bond acceptors (Lipinski definition) is 6. The summed E-state index contributed by atoms with van der Waals surface area (Å²) in [5.41, 5.74) is 1.76. The minimum absolute atomic E-state index is 0.242. The van der Waals surface area contributed by atoms with Gasteiger partial charge in [0.2, 0.25) is 0 Å². The van der Waals surface area contributed by atoms with Gasteiger partial charge in [-0.15, -0.1) is 11.3 Å². The van der Waals surface area contributed by atoms with Crippen molar-refractivity contribution in [2.75, 3.05) is 0 Å². The van der Waals surface area contributed by atoms with E-state index < -0.39 is 5.97 Å². The van der Waals surface area contributed by atoms with E-state index in [0.717, 1.165) is 52.7 Å². The van der Waals surface area contributed by atoms with Crippen molar-refractivity contribution < 1.29 is 19.5 Å². The smallest absolute Gasteiger partial charge is 0.350 e. The van der Waals surface area contributed by atoms with Crippen LogP contribution < -0.4 is 4.74 Å². The van der Waals surface area contributed by atoms with Crippen molar-refractivity contribution in [2.24, 2.45) is 11.1 Å². The molecule has 3 aromatic rings. The number of rotatable bonds is 8. The summed E-state index contributed by atoms with van der Waals surface area (Å²) < 4.78 is 7.04. The van der Waals surface area contributed by atoms with Gasteiger partial charge in [-0.25, -0.2) is 9.78 Å². The molecule has 2 aromatic carbocycles. The van der Waals surface area contributed by atoms with Crippen LogP contribution in [0, 0.1) is 5.92 Å². The molecule has 0 bridgehead atoms. The van der Waals surface area contributed by atoms with Gasteiger partial charge in [-0.3, -0.25) is 0 Å². The van der Waals surface area contributed by atoms with Crippen LogP contribution in [0.15, 0.2) is 47.6 Å². The van der Waals surface area contributed by atoms with Gasteiger partial charge in [0.25, 0.3) is 0 Å². The fourth-order valence-corrected chi connectivity index (χ4v) is 5.09. The van der Waals surface area contributed by atoms with Crippen LogP contribution in [0.5, 0.6) is 5.75 Å². The van der Waals surface area contributed by atoms with Crippen LogP contribution >= 0.6 is 22.9 Å². The molecule has 1 fully saturated rings. The Morgan fingerprint density at radius 3 is 2.81 bits per heavy atom. The molecule has 1 heterocycles. The highest BCUT2D eigenvalue weighted by Gasteiger charge is 2.29. The first-order valence-corrected chi connectivity index (χ1v) is 11.5. The summed E-state index contributed by atoms with van der Waals surface area (Å²) in [5, 5.41) is 13.9. The van der Waals surface area contributed by atoms with Gasteiger partial charge in [0.1, 0.15) is 17.4 Å². The van der Waals surface area contributed by atoms with Crippen LogP contribution in [0.1, 0.15) is 48.8 Å². The number of para-hydroxylation sites is 1. The topological polar surface area (TPSA) is 81.0 Å². The number of carboxylic acids is 1. The Morgan fingerprint density at radius 2 is 2.06 bits per heavy atom. The van der Waals surface area contributed by atoms with Gasteiger partial charge in [0, 0.05) is 11.5 Å². The van der Waals surface area contributed by atoms with E-state index in [9.17, 15) is 4.79 Å². The number of thiazole rings is 1. The molecule has 1 N–H and O–H groups in total. The van der Waals surface area contributed by atoms with Crippen molar-refractivity contribution in [3.63, 3.8) is 0 Å². The Kier molecular flexibility index (Phi) is 7.04. The summed E-state index contributed by atoms with van der Waals surface area (Å²) in [6.45, 7) is 0.362. The van der Waals surface area contributed by atoms with Gasteiger partial charge in [-0.2, -0.15) is 0 Å². The van der Waals surface area contributed by atoms with E-state index in [0.29, 0.717) is 17.4 Å². The first kappa shape index (κ1) is 21.6. The van der Waals surface area contributed by atoms with Crippen LogP contribution in [0.4, 0.5) is 0 Å². The first-order valence-electron chi connectivity index (χ1n) is 10.3. The highest BCUT2D eigenvalue weighted by molar-refractivity contribution is 7.18. The maximum absolute atomic E-state index is 10.8. The summed E-state index contributed by atoms with van der Waals surface area (Å²) in [4.78, 5) is 21.0. The van der Waals surface area contributed by atoms with Crippen LogP contribution in [0.25, 0.3) is 10.2 Å². The second-order valence-electron chi connectivity index (χ2n) is 7.54. The van der Waals surface area contributed by atoms with Gasteiger partial charge in [-0.05, 0) is 37.1 Å². The number of ether oxygens (including phenoxy) is 1. The lowest BCUT2D eigenvalue weighted by atomic mass is 9.82. The molecule has 1 unspecified atom stereocenters. The maximum atomic E-state index is 10.8. The van der Waals surface area contributed by atoms with E-state index in [4.69, 9.17) is 26.3 Å². The van der Waals surface area contributed by atoms with Crippen molar-refractivity contribution in [3.05, 3.63) is 58.1 Å². The molecule has 1 aliphatic carbocycles. The Balaban J connectivity index is 1.48. The lowest BCUT2D eigenvalue weighted by molar-refractivity contribution is -0.129. The van der Waals surface area contributed by atoms with Gasteiger partial charge >= 0.3 is 5.97 Å². The minimum atomic E-state index is -1.15. The second kappa shape index (κ2) is 10.1. The second-order valence-corrected chi connectivity index (χ2v) is 9.07. The lowest BCUT2D eigenvalue weighted by Gasteiger charge is -2.29. The van der Waals surface area contributed by atoms with Gasteiger partial charge in [0.15, 0.2) is 12.3 Å². The van der Waals surface area contributed by atoms with Gasteiger partial charge in [-0.1, -0.05) is 54.2 Å². The van der Waals surface area contributed by atoms with Crippen LogP contribution in [-0.2, 0) is 16.2 Å². The average molecular weight is 459 g/mol. The summed E-state index contributed by atoms with van der Waals surface area (Å²) in [6.07, 6.45) is 5.82. The molecule has 0 spiro atoms. The van der Waals surface area contributed by atoms with Gasteiger partial charge in [0.05, 0.1) is 15.2 Å². The number of aromatic nitrogens is 1. The largest absolute Gasteiger partial charge is 0.486 e. The molecule has 1 atom stereocenters. The summed E-state index contributed by atoms with van der Waals surface area (Å²) in [5.74, 6) is -0.261. The quantitative estimate of drug-likeness (QED) is 0.319. The third-order valence-corrected chi connectivity index (χ3v) is 6.73. The Bertz CT molecular complexity index is 1050. The molecule has 1 saturated carbocycles. The van der Waals surface area contributed by atoms with Crippen molar-refractivity contribution in [2.45, 2.75) is 44.8 Å². The normalized spacial score (nSPS) is 15.9. The van der Waals surface area contributed by atoms with E-state index in [-0.39, 0.29) is 12.0 Å². The van der Waals surface area contributed by atoms with E-state index in [1.54, 1.807) is 17.4 Å². The number of benzene rings is 2. The molecule has 1 aliphatic rings. The van der Waals surface area contributed by atoms with E-state index in [1.165, 1.54) is 6.42 Å². The molecular weight excluding hydrogens is 436 g/mol. The fraction of sp³-hybridized carbons (Fsp3) is 0.348. The van der Waals surface area contributed by atoms with E-state index in [2.05, 4.69) is 10.1 Å². The molecule has 6 nitrogen and oxygen atoms in total. The van der Waals surface area contributed by atoms with Crippen LogP contribution in [0.3, 0.4) is 0 Å². The predicted octanol–water partition coefficient (Wildman–Crippen LogP) is 6.24. The highest BCUT2D eigenvalue weighted by atomic mass is 35.5. The zero-order valence-corrected chi connectivity index (χ0v) is 18.4. The number of aliphatic carboxylic acids is 1. The Morgan fingerprint density at radius 1 is 1.26 bits per heavy atom. The number of fused-ring (bicyclic) bond motifs is 1. The molecule has 4 rings (SSSR count). The fourth-order valence-electron chi connectivity index (χ4n) is 3.93. The Hall–Kier alpha value is -2.64. The number of carboxylic acid groups (broad SMARTS) is 1. The molecule has 8 heteroatoms. The molecule has 31 heavy (non-hydrogen) atoms. The number of halogens is 1. The first-order chi connectivity index (χ1) is 15.1.